The molecular weight excluding hydrogens is 458 g/mol. The van der Waals surface area contributed by atoms with Gasteiger partial charge in [-0.2, -0.15) is 18.2 Å². The quantitative estimate of drug-likeness (QED) is 0.268. The normalized spacial score (nSPS) is 12.7. The van der Waals surface area contributed by atoms with E-state index in [-0.39, 0.29) is 23.5 Å². The number of amides is 1. The second kappa shape index (κ2) is 9.97. The highest BCUT2D eigenvalue weighted by Crippen LogP contribution is 2.33. The summed E-state index contributed by atoms with van der Waals surface area (Å²) in [5, 5.41) is 3.73. The molecule has 0 aromatic carbocycles. The van der Waals surface area contributed by atoms with Crippen LogP contribution in [0.3, 0.4) is 0 Å². The summed E-state index contributed by atoms with van der Waals surface area (Å²) in [7, 11) is 0. The molecule has 0 unspecified atom stereocenters. The molecule has 0 aliphatic carbocycles. The van der Waals surface area contributed by atoms with Crippen molar-refractivity contribution in [1.82, 2.24) is 20.1 Å². The summed E-state index contributed by atoms with van der Waals surface area (Å²) in [4.78, 5) is 25.2. The van der Waals surface area contributed by atoms with Gasteiger partial charge in [0.25, 0.3) is 5.89 Å². The second-order valence-electron chi connectivity index (χ2n) is 8.01. The summed E-state index contributed by atoms with van der Waals surface area (Å²) in [6, 6.07) is 1.37. The first-order valence-corrected chi connectivity index (χ1v) is 10.2. The van der Waals surface area contributed by atoms with E-state index in [1.165, 1.54) is 26.1 Å². The lowest BCUT2D eigenvalue weighted by Gasteiger charge is -2.30. The molecule has 0 bridgehead atoms. The van der Waals surface area contributed by atoms with Crippen LogP contribution in [0, 0.1) is 0 Å². The molecule has 2 aromatic rings. The molecule has 178 valence electrons. The van der Waals surface area contributed by atoms with Gasteiger partial charge in [0.1, 0.15) is 5.15 Å². The van der Waals surface area contributed by atoms with Crippen molar-refractivity contribution < 1.29 is 31.6 Å². The summed E-state index contributed by atoms with van der Waals surface area (Å²) in [6.45, 7) is 4.09. The standard InChI is InChI=1S/C19H24ClF4N5O3/c1-17(2,21)14-27-13(28-32-14)8-6-5-7-11-29(15-25-10-9-12(20)26-15)16(30)31-18(3,4)19(22,23)24/h9-10H,5-8,11H2,1-4H3. The molecular formula is C19H24ClF4N5O3. The average molecular weight is 482 g/mol. The van der Waals surface area contributed by atoms with Gasteiger partial charge in [-0.25, -0.2) is 24.1 Å². The van der Waals surface area contributed by atoms with Crippen LogP contribution in [-0.4, -0.2) is 44.5 Å². The van der Waals surface area contributed by atoms with Gasteiger partial charge in [-0.1, -0.05) is 23.2 Å². The zero-order chi connectivity index (χ0) is 24.2. The lowest BCUT2D eigenvalue weighted by molar-refractivity contribution is -0.243. The van der Waals surface area contributed by atoms with Gasteiger partial charge in [0.15, 0.2) is 11.5 Å². The number of anilines is 1. The maximum absolute atomic E-state index is 13.8. The molecule has 13 heteroatoms. The van der Waals surface area contributed by atoms with E-state index in [0.29, 0.717) is 31.5 Å². The van der Waals surface area contributed by atoms with Gasteiger partial charge in [-0.05, 0) is 46.6 Å². The molecule has 2 aromatic heterocycles. The number of alkyl halides is 4. The van der Waals surface area contributed by atoms with Crippen molar-refractivity contribution in [2.75, 3.05) is 11.4 Å². The Labute approximate surface area is 187 Å². The predicted molar refractivity (Wildman–Crippen MR) is 107 cm³/mol. The summed E-state index contributed by atoms with van der Waals surface area (Å²) in [5.74, 6) is 0.0485. The molecule has 0 aliphatic rings. The fourth-order valence-corrected chi connectivity index (χ4v) is 2.52. The van der Waals surface area contributed by atoms with Gasteiger partial charge >= 0.3 is 12.3 Å². The number of carbonyl (C=O) groups is 1. The third-order valence-electron chi connectivity index (χ3n) is 4.35. The third-order valence-corrected chi connectivity index (χ3v) is 4.57. The van der Waals surface area contributed by atoms with Crippen molar-refractivity contribution in [3.63, 3.8) is 0 Å². The SMILES string of the molecule is CC(C)(F)c1nc(CCCCCN(C(=O)OC(C)(C)C(F)(F)F)c2nccc(Cl)n2)no1. The number of rotatable bonds is 9. The largest absolute Gasteiger partial charge is 0.433 e. The fourth-order valence-electron chi connectivity index (χ4n) is 2.39. The van der Waals surface area contributed by atoms with E-state index >= 15 is 0 Å². The first-order chi connectivity index (χ1) is 14.7. The first kappa shape index (κ1) is 25.8. The second-order valence-corrected chi connectivity index (χ2v) is 8.39. The molecule has 0 atom stereocenters. The molecule has 2 heterocycles. The van der Waals surface area contributed by atoms with Gasteiger partial charge in [0.05, 0.1) is 0 Å². The number of aromatic nitrogens is 4. The summed E-state index contributed by atoms with van der Waals surface area (Å²) in [5.41, 5.74) is -4.45. The zero-order valence-electron chi connectivity index (χ0n) is 18.0. The summed E-state index contributed by atoms with van der Waals surface area (Å²) in [6.07, 6.45) is -2.83. The van der Waals surface area contributed by atoms with Crippen molar-refractivity contribution in [2.24, 2.45) is 0 Å². The van der Waals surface area contributed by atoms with E-state index in [0.717, 1.165) is 18.7 Å². The average Bonchev–Trinajstić information content (AvgIpc) is 3.12. The first-order valence-electron chi connectivity index (χ1n) is 9.78. The minimum Gasteiger partial charge on any atom is -0.433 e. The van der Waals surface area contributed by atoms with Gasteiger partial charge in [-0.3, -0.25) is 0 Å². The molecule has 0 N–H and O–H groups in total. The van der Waals surface area contributed by atoms with Crippen molar-refractivity contribution in [3.8, 4) is 0 Å². The van der Waals surface area contributed by atoms with Crippen LogP contribution in [0.5, 0.6) is 0 Å². The molecule has 0 radical (unpaired) electrons. The Balaban J connectivity index is 1.98. The number of unbranched alkanes of at least 4 members (excludes halogenated alkanes) is 2. The molecule has 0 aliphatic heterocycles. The van der Waals surface area contributed by atoms with Gasteiger partial charge in [0, 0.05) is 19.2 Å². The molecule has 8 nitrogen and oxygen atoms in total. The van der Waals surface area contributed by atoms with Crippen molar-refractivity contribution >= 4 is 23.6 Å². The number of halogens is 5. The van der Waals surface area contributed by atoms with Crippen LogP contribution < -0.4 is 4.90 Å². The van der Waals surface area contributed by atoms with Crippen molar-refractivity contribution in [1.29, 1.82) is 0 Å². The monoisotopic (exact) mass is 481 g/mol. The van der Waals surface area contributed by atoms with Gasteiger partial charge in [-0.15, -0.1) is 0 Å². The summed E-state index contributed by atoms with van der Waals surface area (Å²) >= 11 is 5.83. The Morgan fingerprint density at radius 2 is 1.81 bits per heavy atom. The van der Waals surface area contributed by atoms with E-state index < -0.39 is 23.5 Å². The maximum Gasteiger partial charge on any atom is 0.427 e. The molecule has 1 amide bonds. The van der Waals surface area contributed by atoms with E-state index in [9.17, 15) is 22.4 Å². The molecule has 0 spiro atoms. The lowest BCUT2D eigenvalue weighted by atomic mass is 10.1. The van der Waals surface area contributed by atoms with Crippen LogP contribution >= 0.6 is 11.6 Å². The van der Waals surface area contributed by atoms with Crippen LogP contribution in [-0.2, 0) is 16.8 Å². The smallest absolute Gasteiger partial charge is 0.427 e. The number of hydrogen-bond acceptors (Lipinski definition) is 7. The van der Waals surface area contributed by atoms with E-state index in [1.807, 2.05) is 0 Å². The van der Waals surface area contributed by atoms with Crippen LogP contribution in [0.25, 0.3) is 0 Å². The predicted octanol–water partition coefficient (Wildman–Crippen LogP) is 5.41. The number of carbonyl (C=O) groups excluding carboxylic acids is 1. The number of ether oxygens (including phenoxy) is 1. The van der Waals surface area contributed by atoms with Gasteiger partial charge in [0.2, 0.25) is 11.5 Å². The van der Waals surface area contributed by atoms with E-state index in [1.54, 1.807) is 0 Å². The minimum atomic E-state index is -4.76. The topological polar surface area (TPSA) is 94.2 Å². The van der Waals surface area contributed by atoms with Crippen LogP contribution in [0.2, 0.25) is 5.15 Å². The van der Waals surface area contributed by atoms with Crippen LogP contribution in [0.1, 0.15) is 58.7 Å². The molecule has 32 heavy (non-hydrogen) atoms. The molecule has 0 fully saturated rings. The van der Waals surface area contributed by atoms with Gasteiger partial charge < -0.3 is 9.26 Å². The maximum atomic E-state index is 13.8. The Hall–Kier alpha value is -2.50. The molecule has 0 saturated heterocycles. The van der Waals surface area contributed by atoms with E-state index in [4.69, 9.17) is 20.9 Å². The Kier molecular flexibility index (Phi) is 8.02. The minimum absolute atomic E-state index is 0.0118. The van der Waals surface area contributed by atoms with Crippen molar-refractivity contribution in [3.05, 3.63) is 29.1 Å². The Bertz CT molecular complexity index is 915. The lowest BCUT2D eigenvalue weighted by Crippen LogP contribution is -2.47. The van der Waals surface area contributed by atoms with E-state index in [2.05, 4.69) is 20.1 Å². The Morgan fingerprint density at radius 1 is 1.12 bits per heavy atom. The Morgan fingerprint density at radius 3 is 2.38 bits per heavy atom. The molecule has 2 rings (SSSR count). The van der Waals surface area contributed by atoms with Crippen LogP contribution in [0.15, 0.2) is 16.8 Å². The highest BCUT2D eigenvalue weighted by Gasteiger charge is 2.51. The highest BCUT2D eigenvalue weighted by atomic mass is 35.5. The number of hydrogen-bond donors (Lipinski definition) is 0. The van der Waals surface area contributed by atoms with Crippen molar-refractivity contribution in [2.45, 2.75) is 70.8 Å². The number of aryl methyl sites for hydroxylation is 1. The van der Waals surface area contributed by atoms with Crippen LogP contribution in [0.4, 0.5) is 28.3 Å². The number of nitrogens with zero attached hydrogens (tertiary/aromatic N) is 5. The fraction of sp³-hybridized carbons (Fsp3) is 0.632. The highest BCUT2D eigenvalue weighted by molar-refractivity contribution is 6.29. The summed E-state index contributed by atoms with van der Waals surface area (Å²) < 4.78 is 62.7. The third kappa shape index (κ3) is 7.01. The zero-order valence-corrected chi connectivity index (χ0v) is 18.8. The molecule has 0 saturated carbocycles.